The lowest BCUT2D eigenvalue weighted by Crippen LogP contribution is -2.40. The fourth-order valence-electron chi connectivity index (χ4n) is 2.21. The third kappa shape index (κ3) is 6.61. The first-order chi connectivity index (χ1) is 9.87. The molecule has 9 heteroatoms. The Balaban J connectivity index is 2.45. The molecule has 8 nitrogen and oxygen atoms in total. The Bertz CT molecular complexity index is 526. The number of likely N-dealkylation sites (N-methyl/N-ethyl adjacent to an activating group) is 1. The molecule has 1 rings (SSSR count). The lowest BCUT2D eigenvalue weighted by molar-refractivity contribution is -0.127. The summed E-state index contributed by atoms with van der Waals surface area (Å²) in [4.78, 5) is 26.6. The average Bonchev–Trinajstić information content (AvgIpc) is 2.61. The molecule has 0 bridgehead atoms. The predicted molar refractivity (Wildman–Crippen MR) is 81.5 cm³/mol. The Hall–Kier alpha value is -1.35. The second-order valence-electron chi connectivity index (χ2n) is 6.64. The number of hydrogen-bond acceptors (Lipinski definition) is 5. The van der Waals surface area contributed by atoms with Gasteiger partial charge in [-0.15, -0.1) is 0 Å². The number of hydrogen-bond donors (Lipinski definition) is 1. The molecule has 1 saturated heterocycles. The molecular weight excluding hydrogens is 310 g/mol. The monoisotopic (exact) mass is 335 g/mol. The molecule has 1 fully saturated rings. The molecule has 0 saturated carbocycles. The summed E-state index contributed by atoms with van der Waals surface area (Å²) >= 11 is 0. The number of amides is 2. The molecule has 1 atom stereocenters. The maximum absolute atomic E-state index is 11.8. The van der Waals surface area contributed by atoms with Crippen molar-refractivity contribution in [3.63, 3.8) is 0 Å². The molecule has 1 unspecified atom stereocenters. The van der Waals surface area contributed by atoms with Crippen LogP contribution in [0, 0.1) is 5.92 Å². The van der Waals surface area contributed by atoms with E-state index < -0.39 is 21.7 Å². The van der Waals surface area contributed by atoms with Gasteiger partial charge in [0.05, 0.1) is 5.75 Å². The number of carbonyl (C=O) groups excluding carboxylic acids is 2. The van der Waals surface area contributed by atoms with E-state index in [0.717, 1.165) is 0 Å². The van der Waals surface area contributed by atoms with Crippen molar-refractivity contribution >= 4 is 22.0 Å². The molecule has 0 aliphatic carbocycles. The minimum absolute atomic E-state index is 0.119. The van der Waals surface area contributed by atoms with Crippen LogP contribution in [0.5, 0.6) is 0 Å². The summed E-state index contributed by atoms with van der Waals surface area (Å²) < 4.78 is 27.4. The number of carbonyl (C=O) groups is 2. The van der Waals surface area contributed by atoms with E-state index in [4.69, 9.17) is 9.88 Å². The van der Waals surface area contributed by atoms with Crippen molar-refractivity contribution in [2.24, 2.45) is 11.1 Å². The highest BCUT2D eigenvalue weighted by Crippen LogP contribution is 2.18. The predicted octanol–water partition coefficient (Wildman–Crippen LogP) is -0.00970. The van der Waals surface area contributed by atoms with Crippen LogP contribution >= 0.6 is 0 Å². The van der Waals surface area contributed by atoms with Gasteiger partial charge in [0, 0.05) is 39.0 Å². The minimum Gasteiger partial charge on any atom is -0.444 e. The van der Waals surface area contributed by atoms with E-state index >= 15 is 0 Å². The quantitative estimate of drug-likeness (QED) is 0.760. The van der Waals surface area contributed by atoms with Crippen molar-refractivity contribution in [2.75, 3.05) is 32.4 Å². The molecule has 1 heterocycles. The minimum atomic E-state index is -3.58. The molecule has 1 aliphatic rings. The maximum Gasteiger partial charge on any atom is 0.410 e. The van der Waals surface area contributed by atoms with Crippen LogP contribution in [0.15, 0.2) is 0 Å². The number of nitrogens with two attached hydrogens (primary N) is 1. The van der Waals surface area contributed by atoms with Crippen molar-refractivity contribution in [3.8, 4) is 0 Å². The number of rotatable bonds is 5. The third-order valence-corrected chi connectivity index (χ3v) is 4.11. The molecule has 128 valence electrons. The Morgan fingerprint density at radius 3 is 2.55 bits per heavy atom. The summed E-state index contributed by atoms with van der Waals surface area (Å²) in [6, 6.07) is 0. The molecular formula is C13H25N3O5S. The topological polar surface area (TPSA) is 110 Å². The van der Waals surface area contributed by atoms with Crippen LogP contribution in [0.4, 0.5) is 4.79 Å². The second-order valence-corrected chi connectivity index (χ2v) is 8.30. The van der Waals surface area contributed by atoms with Gasteiger partial charge >= 0.3 is 6.09 Å². The van der Waals surface area contributed by atoms with Gasteiger partial charge in [-0.25, -0.2) is 18.4 Å². The number of likely N-dealkylation sites (tertiary alicyclic amines) is 1. The standard InChI is InChI=1S/C13H25N3O5S/c1-13(2,3)21-12(18)15(4)5-6-16-8-10(7-11(16)17)9-22(14,19)20/h10H,5-9H2,1-4H3,(H2,14,19,20). The Labute approximate surface area is 131 Å². The van der Waals surface area contributed by atoms with Crippen LogP contribution in [0.3, 0.4) is 0 Å². The van der Waals surface area contributed by atoms with Gasteiger partial charge in [0.15, 0.2) is 0 Å². The summed E-state index contributed by atoms with van der Waals surface area (Å²) in [7, 11) is -1.99. The first-order valence-corrected chi connectivity index (χ1v) is 8.81. The highest BCUT2D eigenvalue weighted by molar-refractivity contribution is 7.89. The van der Waals surface area contributed by atoms with Gasteiger partial charge in [-0.1, -0.05) is 0 Å². The summed E-state index contributed by atoms with van der Waals surface area (Å²) in [5.74, 6) is -0.600. The van der Waals surface area contributed by atoms with Crippen LogP contribution in [0.1, 0.15) is 27.2 Å². The molecule has 0 aromatic carbocycles. The molecule has 2 amide bonds. The SMILES string of the molecule is CN(CCN1CC(CS(N)(=O)=O)CC1=O)C(=O)OC(C)(C)C. The summed E-state index contributed by atoms with van der Waals surface area (Å²) in [6.45, 7) is 6.34. The zero-order valence-corrected chi connectivity index (χ0v) is 14.4. The lowest BCUT2D eigenvalue weighted by Gasteiger charge is -2.26. The summed E-state index contributed by atoms with van der Waals surface area (Å²) in [5.41, 5.74) is -0.574. The smallest absolute Gasteiger partial charge is 0.410 e. The van der Waals surface area contributed by atoms with E-state index in [1.54, 1.807) is 32.7 Å². The van der Waals surface area contributed by atoms with Gasteiger partial charge in [0.25, 0.3) is 0 Å². The van der Waals surface area contributed by atoms with E-state index in [2.05, 4.69) is 0 Å². The first kappa shape index (κ1) is 18.7. The Kier molecular flexibility index (Phi) is 5.80. The molecule has 1 aliphatic heterocycles. The normalized spacial score (nSPS) is 19.4. The van der Waals surface area contributed by atoms with E-state index in [1.165, 1.54) is 4.90 Å². The molecule has 0 aromatic heterocycles. The molecule has 0 radical (unpaired) electrons. The van der Waals surface area contributed by atoms with Crippen molar-refractivity contribution in [2.45, 2.75) is 32.8 Å². The molecule has 22 heavy (non-hydrogen) atoms. The van der Waals surface area contributed by atoms with Gasteiger partial charge < -0.3 is 14.5 Å². The van der Waals surface area contributed by atoms with Gasteiger partial charge in [-0.05, 0) is 20.8 Å². The largest absolute Gasteiger partial charge is 0.444 e. The maximum atomic E-state index is 11.8. The third-order valence-electron chi connectivity index (χ3n) is 3.17. The first-order valence-electron chi connectivity index (χ1n) is 7.10. The summed E-state index contributed by atoms with van der Waals surface area (Å²) in [6.07, 6.45) is -0.285. The fraction of sp³-hybridized carbons (Fsp3) is 0.846. The van der Waals surface area contributed by atoms with E-state index in [1.807, 2.05) is 0 Å². The van der Waals surface area contributed by atoms with Gasteiger partial charge in [0.2, 0.25) is 15.9 Å². The Morgan fingerprint density at radius 2 is 2.05 bits per heavy atom. The zero-order chi connectivity index (χ0) is 17.1. The number of primary sulfonamides is 1. The molecule has 0 spiro atoms. The van der Waals surface area contributed by atoms with Crippen LogP contribution < -0.4 is 5.14 Å². The Morgan fingerprint density at radius 1 is 1.45 bits per heavy atom. The van der Waals surface area contributed by atoms with Crippen molar-refractivity contribution in [1.82, 2.24) is 9.80 Å². The van der Waals surface area contributed by atoms with Crippen LogP contribution in [0.25, 0.3) is 0 Å². The van der Waals surface area contributed by atoms with Crippen molar-refractivity contribution in [1.29, 1.82) is 0 Å². The molecule has 0 aromatic rings. The second kappa shape index (κ2) is 6.82. The molecule has 2 N–H and O–H groups in total. The fourth-order valence-corrected chi connectivity index (χ4v) is 3.09. The van der Waals surface area contributed by atoms with Crippen LogP contribution in [-0.4, -0.2) is 68.3 Å². The van der Waals surface area contributed by atoms with Gasteiger partial charge in [-0.2, -0.15) is 0 Å². The van der Waals surface area contributed by atoms with Crippen molar-refractivity contribution in [3.05, 3.63) is 0 Å². The summed E-state index contributed by atoms with van der Waals surface area (Å²) in [5, 5.41) is 5.00. The highest BCUT2D eigenvalue weighted by atomic mass is 32.2. The van der Waals surface area contributed by atoms with E-state index in [0.29, 0.717) is 19.6 Å². The number of nitrogens with zero attached hydrogens (tertiary/aromatic N) is 2. The van der Waals surface area contributed by atoms with E-state index in [9.17, 15) is 18.0 Å². The van der Waals surface area contributed by atoms with E-state index in [-0.39, 0.29) is 24.0 Å². The zero-order valence-electron chi connectivity index (χ0n) is 13.5. The lowest BCUT2D eigenvalue weighted by atomic mass is 10.1. The van der Waals surface area contributed by atoms with Gasteiger partial charge in [-0.3, -0.25) is 4.79 Å². The van der Waals surface area contributed by atoms with Gasteiger partial charge in [0.1, 0.15) is 5.60 Å². The highest BCUT2D eigenvalue weighted by Gasteiger charge is 2.32. The van der Waals surface area contributed by atoms with Crippen molar-refractivity contribution < 1.29 is 22.7 Å². The average molecular weight is 335 g/mol. The number of sulfonamides is 1. The number of ether oxygens (including phenoxy) is 1. The van der Waals surface area contributed by atoms with Crippen LogP contribution in [0.2, 0.25) is 0 Å². The van der Waals surface area contributed by atoms with Crippen LogP contribution in [-0.2, 0) is 19.6 Å².